The third-order valence-electron chi connectivity index (χ3n) is 6.14. The standard InChI is InChI=1S/C25H25FN6O/c1-17-6-8-18(9-7-17)16-27-25(33)19-12-14-31(15-13-19)23-11-10-22-28-29-24(32(22)30-23)20-4-2-3-5-21(20)26/h2-11,19H,12-16H2,1H3,(H,27,33). The van der Waals surface area contributed by atoms with Crippen LogP contribution in [0.25, 0.3) is 17.0 Å². The second-order valence-electron chi connectivity index (χ2n) is 8.43. The van der Waals surface area contributed by atoms with Gasteiger partial charge in [-0.15, -0.1) is 15.3 Å². The Balaban J connectivity index is 1.25. The quantitative estimate of drug-likeness (QED) is 0.507. The summed E-state index contributed by atoms with van der Waals surface area (Å²) in [4.78, 5) is 14.8. The second kappa shape index (κ2) is 8.97. The molecule has 0 aliphatic carbocycles. The van der Waals surface area contributed by atoms with Crippen molar-refractivity contribution in [1.29, 1.82) is 0 Å². The van der Waals surface area contributed by atoms with Crippen molar-refractivity contribution >= 4 is 17.4 Å². The van der Waals surface area contributed by atoms with Gasteiger partial charge in [-0.2, -0.15) is 4.52 Å². The molecule has 0 radical (unpaired) electrons. The molecule has 0 atom stereocenters. The van der Waals surface area contributed by atoms with Gasteiger partial charge < -0.3 is 10.2 Å². The lowest BCUT2D eigenvalue weighted by atomic mass is 9.96. The van der Waals surface area contributed by atoms with Gasteiger partial charge in [0.25, 0.3) is 0 Å². The van der Waals surface area contributed by atoms with Gasteiger partial charge >= 0.3 is 0 Å². The van der Waals surface area contributed by atoms with Crippen LogP contribution in [-0.2, 0) is 11.3 Å². The summed E-state index contributed by atoms with van der Waals surface area (Å²) in [5.41, 5.74) is 3.22. The van der Waals surface area contributed by atoms with Crippen molar-refractivity contribution in [3.63, 3.8) is 0 Å². The zero-order chi connectivity index (χ0) is 22.8. The third kappa shape index (κ3) is 4.41. The second-order valence-corrected chi connectivity index (χ2v) is 8.43. The highest BCUT2D eigenvalue weighted by Gasteiger charge is 2.26. The molecular formula is C25H25FN6O. The number of hydrogen-bond acceptors (Lipinski definition) is 5. The average Bonchev–Trinajstić information content (AvgIpc) is 3.27. The van der Waals surface area contributed by atoms with E-state index in [-0.39, 0.29) is 17.6 Å². The van der Waals surface area contributed by atoms with Gasteiger partial charge in [0.1, 0.15) is 11.6 Å². The Kier molecular flexibility index (Phi) is 5.73. The molecule has 5 rings (SSSR count). The Labute approximate surface area is 191 Å². The molecule has 4 aromatic rings. The molecule has 0 unspecified atom stereocenters. The molecule has 0 bridgehead atoms. The van der Waals surface area contributed by atoms with E-state index in [1.165, 1.54) is 11.6 Å². The summed E-state index contributed by atoms with van der Waals surface area (Å²) in [5.74, 6) is 0.851. The topological polar surface area (TPSA) is 75.4 Å². The normalized spacial score (nSPS) is 14.5. The molecule has 1 aliphatic heterocycles. The SMILES string of the molecule is Cc1ccc(CNC(=O)C2CCN(c3ccc4nnc(-c5ccccc5F)n4n3)CC2)cc1. The summed E-state index contributed by atoms with van der Waals surface area (Å²) in [6, 6.07) is 18.4. The van der Waals surface area contributed by atoms with E-state index in [0.29, 0.717) is 23.6 Å². The first-order valence-electron chi connectivity index (χ1n) is 11.1. The van der Waals surface area contributed by atoms with E-state index in [2.05, 4.69) is 37.6 Å². The Bertz CT molecular complexity index is 1280. The van der Waals surface area contributed by atoms with Crippen LogP contribution in [0.1, 0.15) is 24.0 Å². The van der Waals surface area contributed by atoms with E-state index in [4.69, 9.17) is 0 Å². The molecule has 1 N–H and O–H groups in total. The van der Waals surface area contributed by atoms with Crippen molar-refractivity contribution < 1.29 is 9.18 Å². The van der Waals surface area contributed by atoms with E-state index in [1.807, 2.05) is 31.2 Å². The molecule has 1 saturated heterocycles. The van der Waals surface area contributed by atoms with Gasteiger partial charge in [-0.05, 0) is 49.6 Å². The summed E-state index contributed by atoms with van der Waals surface area (Å²) in [6.45, 7) is 4.04. The van der Waals surface area contributed by atoms with Crippen molar-refractivity contribution in [1.82, 2.24) is 25.1 Å². The highest BCUT2D eigenvalue weighted by atomic mass is 19.1. The molecule has 7 nitrogen and oxygen atoms in total. The van der Waals surface area contributed by atoms with Gasteiger partial charge in [0, 0.05) is 25.6 Å². The highest BCUT2D eigenvalue weighted by molar-refractivity contribution is 5.79. The van der Waals surface area contributed by atoms with Crippen LogP contribution >= 0.6 is 0 Å². The Morgan fingerprint density at radius 3 is 2.55 bits per heavy atom. The van der Waals surface area contributed by atoms with Crippen LogP contribution in [0, 0.1) is 18.7 Å². The van der Waals surface area contributed by atoms with E-state index in [1.54, 1.807) is 22.7 Å². The minimum Gasteiger partial charge on any atom is -0.355 e. The molecule has 8 heteroatoms. The van der Waals surface area contributed by atoms with E-state index >= 15 is 0 Å². The number of benzene rings is 2. The fourth-order valence-electron chi connectivity index (χ4n) is 4.17. The summed E-state index contributed by atoms with van der Waals surface area (Å²) in [5, 5.41) is 16.0. The van der Waals surface area contributed by atoms with Gasteiger partial charge in [0.15, 0.2) is 11.5 Å². The molecular weight excluding hydrogens is 419 g/mol. The Hall–Kier alpha value is -3.81. The summed E-state index contributed by atoms with van der Waals surface area (Å²) < 4.78 is 15.9. The first-order chi connectivity index (χ1) is 16.1. The van der Waals surface area contributed by atoms with E-state index in [0.717, 1.165) is 37.3 Å². The predicted molar refractivity (Wildman–Crippen MR) is 124 cm³/mol. The molecule has 33 heavy (non-hydrogen) atoms. The number of hydrogen-bond donors (Lipinski definition) is 1. The molecule has 0 spiro atoms. The van der Waals surface area contributed by atoms with Crippen LogP contribution < -0.4 is 10.2 Å². The number of amides is 1. The van der Waals surface area contributed by atoms with Crippen LogP contribution in [0.15, 0.2) is 60.7 Å². The molecule has 1 aliphatic rings. The van der Waals surface area contributed by atoms with Crippen molar-refractivity contribution in [2.45, 2.75) is 26.3 Å². The molecule has 2 aromatic carbocycles. The minimum absolute atomic E-state index is 0.0145. The Morgan fingerprint density at radius 2 is 1.79 bits per heavy atom. The molecule has 1 fully saturated rings. The predicted octanol–water partition coefficient (Wildman–Crippen LogP) is 3.77. The van der Waals surface area contributed by atoms with Crippen LogP contribution in [0.3, 0.4) is 0 Å². The maximum atomic E-state index is 14.3. The van der Waals surface area contributed by atoms with E-state index < -0.39 is 0 Å². The fourth-order valence-corrected chi connectivity index (χ4v) is 4.17. The molecule has 3 heterocycles. The van der Waals surface area contributed by atoms with Crippen molar-refractivity contribution in [2.75, 3.05) is 18.0 Å². The zero-order valence-corrected chi connectivity index (χ0v) is 18.4. The highest BCUT2D eigenvalue weighted by Crippen LogP contribution is 2.25. The number of aromatic nitrogens is 4. The van der Waals surface area contributed by atoms with Crippen LogP contribution in [0.4, 0.5) is 10.2 Å². The molecule has 2 aromatic heterocycles. The van der Waals surface area contributed by atoms with Crippen molar-refractivity contribution in [3.8, 4) is 11.4 Å². The number of fused-ring (bicyclic) bond motifs is 1. The summed E-state index contributed by atoms with van der Waals surface area (Å²) in [7, 11) is 0. The summed E-state index contributed by atoms with van der Waals surface area (Å²) in [6.07, 6.45) is 1.50. The number of anilines is 1. The lowest BCUT2D eigenvalue weighted by Gasteiger charge is -2.32. The number of aryl methyl sites for hydroxylation is 1. The number of nitrogens with zero attached hydrogens (tertiary/aromatic N) is 5. The van der Waals surface area contributed by atoms with Gasteiger partial charge in [0.05, 0.1) is 5.56 Å². The first kappa shape index (κ1) is 21.1. The smallest absolute Gasteiger partial charge is 0.223 e. The Morgan fingerprint density at radius 1 is 1.03 bits per heavy atom. The number of piperidine rings is 1. The van der Waals surface area contributed by atoms with Gasteiger partial charge in [-0.1, -0.05) is 42.0 Å². The minimum atomic E-state index is -0.364. The number of carbonyl (C=O) groups excluding carboxylic acids is 1. The average molecular weight is 445 g/mol. The van der Waals surface area contributed by atoms with Crippen LogP contribution in [0.2, 0.25) is 0 Å². The maximum absolute atomic E-state index is 14.3. The van der Waals surface area contributed by atoms with Crippen molar-refractivity contribution in [3.05, 3.63) is 77.6 Å². The fraction of sp³-hybridized carbons (Fsp3) is 0.280. The van der Waals surface area contributed by atoms with Crippen molar-refractivity contribution in [2.24, 2.45) is 5.92 Å². The molecule has 1 amide bonds. The van der Waals surface area contributed by atoms with Gasteiger partial charge in [0.2, 0.25) is 5.91 Å². The van der Waals surface area contributed by atoms with Gasteiger partial charge in [-0.25, -0.2) is 4.39 Å². The van der Waals surface area contributed by atoms with Crippen LogP contribution in [0.5, 0.6) is 0 Å². The maximum Gasteiger partial charge on any atom is 0.223 e. The summed E-state index contributed by atoms with van der Waals surface area (Å²) >= 11 is 0. The third-order valence-corrected chi connectivity index (χ3v) is 6.14. The van der Waals surface area contributed by atoms with Crippen LogP contribution in [-0.4, -0.2) is 38.8 Å². The lowest BCUT2D eigenvalue weighted by Crippen LogP contribution is -2.40. The number of halogens is 1. The number of carbonyl (C=O) groups is 1. The zero-order valence-electron chi connectivity index (χ0n) is 18.4. The monoisotopic (exact) mass is 444 g/mol. The molecule has 0 saturated carbocycles. The van der Waals surface area contributed by atoms with Gasteiger partial charge in [-0.3, -0.25) is 4.79 Å². The number of nitrogens with one attached hydrogen (secondary N) is 1. The number of rotatable bonds is 5. The largest absolute Gasteiger partial charge is 0.355 e. The lowest BCUT2D eigenvalue weighted by molar-refractivity contribution is -0.125. The first-order valence-corrected chi connectivity index (χ1v) is 11.1. The molecule has 168 valence electrons. The van der Waals surface area contributed by atoms with E-state index in [9.17, 15) is 9.18 Å².